The van der Waals surface area contributed by atoms with Crippen LogP contribution in [0.25, 0.3) is 0 Å². The van der Waals surface area contributed by atoms with E-state index >= 15 is 0 Å². The summed E-state index contributed by atoms with van der Waals surface area (Å²) >= 11 is 0. The molecule has 1 saturated heterocycles. The summed E-state index contributed by atoms with van der Waals surface area (Å²) in [6, 6.07) is 0. The van der Waals surface area contributed by atoms with Gasteiger partial charge in [0.15, 0.2) is 5.79 Å². The highest BCUT2D eigenvalue weighted by atomic mass is 16.8. The van der Waals surface area contributed by atoms with Crippen LogP contribution in [0.3, 0.4) is 0 Å². The van der Waals surface area contributed by atoms with Crippen molar-refractivity contribution < 1.29 is 19.4 Å². The van der Waals surface area contributed by atoms with Crippen molar-refractivity contribution in [1.82, 2.24) is 0 Å². The average Bonchev–Trinajstić information content (AvgIpc) is 2.62. The summed E-state index contributed by atoms with van der Waals surface area (Å²) < 4.78 is 11.4. The molecule has 0 amide bonds. The molecule has 2 heterocycles. The number of hydrogen-bond acceptors (Lipinski definition) is 4. The maximum absolute atomic E-state index is 10.4. The van der Waals surface area contributed by atoms with Crippen molar-refractivity contribution in [3.63, 3.8) is 0 Å². The predicted octanol–water partition coefficient (Wildman–Crippen LogP) is 1.22. The molecule has 0 aromatic carbocycles. The van der Waals surface area contributed by atoms with Crippen LogP contribution in [0.4, 0.5) is 0 Å². The Morgan fingerprint density at radius 1 is 1.56 bits per heavy atom. The lowest BCUT2D eigenvalue weighted by Gasteiger charge is -2.18. The van der Waals surface area contributed by atoms with Crippen molar-refractivity contribution in [2.75, 3.05) is 6.54 Å². The summed E-state index contributed by atoms with van der Waals surface area (Å²) in [5.74, 6) is -1.30. The highest BCUT2D eigenvalue weighted by molar-refractivity contribution is 5.91. The van der Waals surface area contributed by atoms with Crippen LogP contribution in [0.5, 0.6) is 0 Å². The van der Waals surface area contributed by atoms with Crippen LogP contribution in [-0.2, 0) is 14.3 Å². The Morgan fingerprint density at radius 2 is 2.31 bits per heavy atom. The first-order valence-electron chi connectivity index (χ1n) is 5.58. The van der Waals surface area contributed by atoms with E-state index in [-0.39, 0.29) is 18.6 Å². The molecule has 5 heteroatoms. The summed E-state index contributed by atoms with van der Waals surface area (Å²) in [4.78, 5) is 14.8. The molecule has 0 bridgehead atoms. The minimum absolute atomic E-state index is 0.0230. The van der Waals surface area contributed by atoms with E-state index in [0.717, 1.165) is 5.71 Å². The highest BCUT2D eigenvalue weighted by Crippen LogP contribution is 2.33. The molecule has 1 fully saturated rings. The maximum atomic E-state index is 10.4. The van der Waals surface area contributed by atoms with Crippen LogP contribution in [0.1, 0.15) is 33.1 Å². The average molecular weight is 227 g/mol. The van der Waals surface area contributed by atoms with E-state index in [2.05, 4.69) is 4.99 Å². The van der Waals surface area contributed by atoms with Crippen molar-refractivity contribution in [3.05, 3.63) is 0 Å². The van der Waals surface area contributed by atoms with Gasteiger partial charge in [0, 0.05) is 12.1 Å². The number of aliphatic imine (C=N–C) groups is 1. The van der Waals surface area contributed by atoms with E-state index in [9.17, 15) is 4.79 Å². The standard InChI is InChI=1S/C11H17NO4/c1-11(2)15-8-6-12-7(10(8)16-11)4-3-5-9(13)14/h8,10H,3-6H2,1-2H3,(H,13,14). The van der Waals surface area contributed by atoms with Gasteiger partial charge in [0.2, 0.25) is 0 Å². The third-order valence-electron chi connectivity index (χ3n) is 2.81. The number of aliphatic carboxylic acids is 1. The van der Waals surface area contributed by atoms with E-state index in [4.69, 9.17) is 14.6 Å². The maximum Gasteiger partial charge on any atom is 0.303 e. The largest absolute Gasteiger partial charge is 0.481 e. The van der Waals surface area contributed by atoms with E-state index in [1.807, 2.05) is 13.8 Å². The van der Waals surface area contributed by atoms with Gasteiger partial charge in [0.25, 0.3) is 0 Å². The molecule has 0 aromatic heterocycles. The molecule has 0 aromatic rings. The zero-order chi connectivity index (χ0) is 11.8. The monoisotopic (exact) mass is 227 g/mol. The van der Waals surface area contributed by atoms with Crippen molar-refractivity contribution in [2.45, 2.75) is 51.1 Å². The molecule has 0 aliphatic carbocycles. The first kappa shape index (κ1) is 11.5. The number of carbonyl (C=O) groups is 1. The third-order valence-corrected chi connectivity index (χ3v) is 2.81. The van der Waals surface area contributed by atoms with Crippen molar-refractivity contribution in [3.8, 4) is 0 Å². The number of carboxylic acid groups (broad SMARTS) is 1. The second-order valence-electron chi connectivity index (χ2n) is 4.67. The van der Waals surface area contributed by atoms with Gasteiger partial charge >= 0.3 is 5.97 Å². The minimum atomic E-state index is -0.765. The highest BCUT2D eigenvalue weighted by Gasteiger charge is 2.46. The van der Waals surface area contributed by atoms with Gasteiger partial charge in [-0.25, -0.2) is 0 Å². The third kappa shape index (κ3) is 2.41. The summed E-state index contributed by atoms with van der Waals surface area (Å²) in [6.45, 7) is 4.41. The molecule has 0 spiro atoms. The van der Waals surface area contributed by atoms with Gasteiger partial charge < -0.3 is 14.6 Å². The summed E-state index contributed by atoms with van der Waals surface area (Å²) in [5, 5.41) is 8.56. The molecule has 16 heavy (non-hydrogen) atoms. The van der Waals surface area contributed by atoms with Gasteiger partial charge in [0.1, 0.15) is 12.2 Å². The smallest absolute Gasteiger partial charge is 0.303 e. The molecule has 5 nitrogen and oxygen atoms in total. The fraction of sp³-hybridized carbons (Fsp3) is 0.818. The number of fused-ring (bicyclic) bond motifs is 1. The Morgan fingerprint density at radius 3 is 3.00 bits per heavy atom. The van der Waals surface area contributed by atoms with Gasteiger partial charge in [-0.15, -0.1) is 0 Å². The molecule has 2 aliphatic rings. The molecule has 0 saturated carbocycles. The lowest BCUT2D eigenvalue weighted by Crippen LogP contribution is -2.27. The Hall–Kier alpha value is -0.940. The first-order valence-corrected chi connectivity index (χ1v) is 5.58. The van der Waals surface area contributed by atoms with Gasteiger partial charge in [-0.2, -0.15) is 0 Å². The SMILES string of the molecule is CC1(C)OC2CN=C(CCCC(=O)O)C2O1. The normalized spacial score (nSPS) is 31.2. The summed E-state index contributed by atoms with van der Waals surface area (Å²) in [5.41, 5.74) is 0.955. The van der Waals surface area contributed by atoms with Gasteiger partial charge in [-0.05, 0) is 26.7 Å². The number of carboxylic acids is 1. The first-order chi connectivity index (χ1) is 7.48. The molecule has 1 N–H and O–H groups in total. The van der Waals surface area contributed by atoms with Crippen LogP contribution in [-0.4, -0.2) is 41.3 Å². The Balaban J connectivity index is 1.86. The van der Waals surface area contributed by atoms with Crippen LogP contribution >= 0.6 is 0 Å². The van der Waals surface area contributed by atoms with Crippen molar-refractivity contribution >= 4 is 11.7 Å². The number of nitrogens with zero attached hydrogens (tertiary/aromatic N) is 1. The molecule has 2 atom stereocenters. The van der Waals surface area contributed by atoms with Gasteiger partial charge in [-0.1, -0.05) is 0 Å². The number of hydrogen-bond donors (Lipinski definition) is 1. The molecule has 2 aliphatic heterocycles. The number of ether oxygens (including phenoxy) is 2. The van der Waals surface area contributed by atoms with Crippen LogP contribution in [0, 0.1) is 0 Å². The Bertz CT molecular complexity index is 324. The van der Waals surface area contributed by atoms with E-state index in [0.29, 0.717) is 19.4 Å². The molecule has 2 unspecified atom stereocenters. The zero-order valence-corrected chi connectivity index (χ0v) is 9.60. The predicted molar refractivity (Wildman–Crippen MR) is 57.6 cm³/mol. The van der Waals surface area contributed by atoms with Gasteiger partial charge in [0.05, 0.1) is 6.54 Å². The van der Waals surface area contributed by atoms with Crippen molar-refractivity contribution in [1.29, 1.82) is 0 Å². The van der Waals surface area contributed by atoms with Crippen LogP contribution in [0.2, 0.25) is 0 Å². The van der Waals surface area contributed by atoms with Crippen LogP contribution in [0.15, 0.2) is 4.99 Å². The molecular formula is C11H17NO4. The molecular weight excluding hydrogens is 210 g/mol. The summed E-state index contributed by atoms with van der Waals surface area (Å²) in [6.07, 6.45) is 1.44. The Labute approximate surface area is 94.5 Å². The fourth-order valence-electron chi connectivity index (χ4n) is 2.19. The molecule has 2 rings (SSSR count). The zero-order valence-electron chi connectivity index (χ0n) is 9.60. The fourth-order valence-corrected chi connectivity index (χ4v) is 2.19. The van der Waals surface area contributed by atoms with Crippen LogP contribution < -0.4 is 0 Å². The Kier molecular flexibility index (Phi) is 2.99. The second-order valence-corrected chi connectivity index (χ2v) is 4.67. The lowest BCUT2D eigenvalue weighted by molar-refractivity contribution is -0.142. The lowest BCUT2D eigenvalue weighted by atomic mass is 10.1. The minimum Gasteiger partial charge on any atom is -0.481 e. The summed E-state index contributed by atoms with van der Waals surface area (Å²) in [7, 11) is 0. The number of rotatable bonds is 4. The van der Waals surface area contributed by atoms with Gasteiger partial charge in [-0.3, -0.25) is 9.79 Å². The quantitative estimate of drug-likeness (QED) is 0.784. The molecule has 90 valence electrons. The van der Waals surface area contributed by atoms with E-state index in [1.54, 1.807) is 0 Å². The molecule has 0 radical (unpaired) electrons. The van der Waals surface area contributed by atoms with E-state index in [1.165, 1.54) is 0 Å². The topological polar surface area (TPSA) is 68.1 Å². The van der Waals surface area contributed by atoms with Crippen molar-refractivity contribution in [2.24, 2.45) is 4.99 Å². The second kappa shape index (κ2) is 4.14. The van der Waals surface area contributed by atoms with E-state index < -0.39 is 11.8 Å².